The Morgan fingerprint density at radius 2 is 2.25 bits per heavy atom. The van der Waals surface area contributed by atoms with Gasteiger partial charge in [0, 0.05) is 12.6 Å². The van der Waals surface area contributed by atoms with Crippen LogP contribution in [-0.4, -0.2) is 12.6 Å². The van der Waals surface area contributed by atoms with Gasteiger partial charge in [0.1, 0.15) is 0 Å². The largest absolute Gasteiger partial charge is 0.313 e. The highest BCUT2D eigenvalue weighted by Gasteiger charge is 2.40. The molecule has 2 nitrogen and oxygen atoms in total. The summed E-state index contributed by atoms with van der Waals surface area (Å²) in [5, 5.41) is 11.9. The van der Waals surface area contributed by atoms with E-state index in [0.717, 1.165) is 6.54 Å². The molecule has 0 aromatic heterocycles. The lowest BCUT2D eigenvalue weighted by Gasteiger charge is -2.16. The minimum atomic E-state index is 0.360. The predicted molar refractivity (Wildman–Crippen MR) is 49.7 cm³/mol. The molecule has 0 spiro atoms. The van der Waals surface area contributed by atoms with Gasteiger partial charge in [-0.2, -0.15) is 5.26 Å². The van der Waals surface area contributed by atoms with Crippen molar-refractivity contribution in [3.8, 4) is 6.07 Å². The van der Waals surface area contributed by atoms with Crippen molar-refractivity contribution in [2.45, 2.75) is 45.6 Å². The molecule has 1 N–H and O–H groups in total. The van der Waals surface area contributed by atoms with Crippen molar-refractivity contribution in [1.82, 2.24) is 5.32 Å². The molecule has 68 valence electrons. The molecule has 0 amide bonds. The van der Waals surface area contributed by atoms with Crippen molar-refractivity contribution in [2.24, 2.45) is 5.41 Å². The Kier molecular flexibility index (Phi) is 3.11. The standard InChI is InChI=1S/C10H18N2/c1-3-10(5-6-10)8-12-9(2)4-7-11/h9,12H,3-6,8H2,1-2H3. The van der Waals surface area contributed by atoms with Crippen LogP contribution < -0.4 is 5.32 Å². The molecule has 1 aliphatic rings. The van der Waals surface area contributed by atoms with Gasteiger partial charge in [0.2, 0.25) is 0 Å². The fourth-order valence-electron chi connectivity index (χ4n) is 1.43. The molecular weight excluding hydrogens is 148 g/mol. The molecule has 1 atom stereocenters. The van der Waals surface area contributed by atoms with E-state index in [1.54, 1.807) is 0 Å². The molecule has 1 saturated carbocycles. The zero-order valence-corrected chi connectivity index (χ0v) is 8.06. The Labute approximate surface area is 75.0 Å². The summed E-state index contributed by atoms with van der Waals surface area (Å²) in [6.07, 6.45) is 4.64. The van der Waals surface area contributed by atoms with Crippen LogP contribution in [0.1, 0.15) is 39.5 Å². The Morgan fingerprint density at radius 1 is 1.58 bits per heavy atom. The topological polar surface area (TPSA) is 35.8 Å². The SMILES string of the molecule is CCC1(CNC(C)CC#N)CC1. The van der Waals surface area contributed by atoms with Gasteiger partial charge in [0.05, 0.1) is 12.5 Å². The lowest BCUT2D eigenvalue weighted by atomic mass is 10.0. The number of hydrogen-bond acceptors (Lipinski definition) is 2. The Balaban J connectivity index is 2.13. The summed E-state index contributed by atoms with van der Waals surface area (Å²) in [4.78, 5) is 0. The summed E-state index contributed by atoms with van der Waals surface area (Å²) in [7, 11) is 0. The van der Waals surface area contributed by atoms with E-state index in [2.05, 4.69) is 25.2 Å². The van der Waals surface area contributed by atoms with E-state index in [9.17, 15) is 0 Å². The smallest absolute Gasteiger partial charge is 0.0638 e. The summed E-state index contributed by atoms with van der Waals surface area (Å²) in [5.41, 5.74) is 0.601. The second-order valence-corrected chi connectivity index (χ2v) is 4.00. The predicted octanol–water partition coefficient (Wildman–Crippen LogP) is 2.07. The van der Waals surface area contributed by atoms with Crippen LogP contribution in [-0.2, 0) is 0 Å². The molecule has 1 fully saturated rings. The molecule has 0 radical (unpaired) electrons. The summed E-state index contributed by atoms with van der Waals surface area (Å²) in [6, 6.07) is 2.54. The van der Waals surface area contributed by atoms with Crippen molar-refractivity contribution in [3.05, 3.63) is 0 Å². The first-order valence-electron chi connectivity index (χ1n) is 4.83. The third-order valence-corrected chi connectivity index (χ3v) is 2.93. The van der Waals surface area contributed by atoms with Gasteiger partial charge in [-0.25, -0.2) is 0 Å². The first kappa shape index (κ1) is 9.54. The minimum Gasteiger partial charge on any atom is -0.313 e. The molecule has 0 aromatic carbocycles. The maximum atomic E-state index is 8.45. The average molecular weight is 166 g/mol. The van der Waals surface area contributed by atoms with Crippen LogP contribution in [0.15, 0.2) is 0 Å². The van der Waals surface area contributed by atoms with Gasteiger partial charge in [-0.1, -0.05) is 6.92 Å². The number of nitriles is 1. The second kappa shape index (κ2) is 3.91. The number of rotatable bonds is 5. The minimum absolute atomic E-state index is 0.360. The number of nitrogens with zero attached hydrogens (tertiary/aromatic N) is 1. The van der Waals surface area contributed by atoms with Crippen LogP contribution in [0.2, 0.25) is 0 Å². The molecule has 1 rings (SSSR count). The molecule has 0 bridgehead atoms. The van der Waals surface area contributed by atoms with Gasteiger partial charge in [-0.3, -0.25) is 0 Å². The lowest BCUT2D eigenvalue weighted by Crippen LogP contribution is -2.31. The van der Waals surface area contributed by atoms with Crippen molar-refractivity contribution in [3.63, 3.8) is 0 Å². The van der Waals surface area contributed by atoms with Gasteiger partial charge < -0.3 is 5.32 Å². The molecule has 0 heterocycles. The number of hydrogen-bond donors (Lipinski definition) is 1. The molecule has 1 aliphatic carbocycles. The molecule has 12 heavy (non-hydrogen) atoms. The summed E-state index contributed by atoms with van der Waals surface area (Å²) >= 11 is 0. The van der Waals surface area contributed by atoms with E-state index < -0.39 is 0 Å². The fraction of sp³-hybridized carbons (Fsp3) is 0.900. The van der Waals surface area contributed by atoms with Crippen LogP contribution in [0, 0.1) is 16.7 Å². The fourth-order valence-corrected chi connectivity index (χ4v) is 1.43. The highest BCUT2D eigenvalue weighted by molar-refractivity contribution is 4.94. The highest BCUT2D eigenvalue weighted by atomic mass is 14.9. The maximum Gasteiger partial charge on any atom is 0.0638 e. The van der Waals surface area contributed by atoms with Crippen molar-refractivity contribution < 1.29 is 0 Å². The van der Waals surface area contributed by atoms with Crippen molar-refractivity contribution in [1.29, 1.82) is 5.26 Å². The normalized spacial score (nSPS) is 21.4. The monoisotopic (exact) mass is 166 g/mol. The molecule has 0 saturated heterocycles. The molecule has 2 heteroatoms. The van der Waals surface area contributed by atoms with Crippen LogP contribution >= 0.6 is 0 Å². The molecule has 0 aliphatic heterocycles. The number of nitrogens with one attached hydrogen (secondary N) is 1. The van der Waals surface area contributed by atoms with Crippen LogP contribution in [0.5, 0.6) is 0 Å². The molecule has 0 aromatic rings. The van der Waals surface area contributed by atoms with E-state index in [-0.39, 0.29) is 0 Å². The van der Waals surface area contributed by atoms with Crippen LogP contribution in [0.3, 0.4) is 0 Å². The first-order valence-corrected chi connectivity index (χ1v) is 4.83. The van der Waals surface area contributed by atoms with Crippen LogP contribution in [0.4, 0.5) is 0 Å². The summed E-state index contributed by atoms with van der Waals surface area (Å²) in [6.45, 7) is 5.44. The van der Waals surface area contributed by atoms with Gasteiger partial charge in [0.25, 0.3) is 0 Å². The lowest BCUT2D eigenvalue weighted by molar-refractivity contribution is 0.412. The molecule has 1 unspecified atom stereocenters. The van der Waals surface area contributed by atoms with Gasteiger partial charge in [0.15, 0.2) is 0 Å². The van der Waals surface area contributed by atoms with Gasteiger partial charge in [-0.15, -0.1) is 0 Å². The van der Waals surface area contributed by atoms with Crippen molar-refractivity contribution in [2.75, 3.05) is 6.54 Å². The van der Waals surface area contributed by atoms with Gasteiger partial charge >= 0.3 is 0 Å². The van der Waals surface area contributed by atoms with E-state index >= 15 is 0 Å². The third kappa shape index (κ3) is 2.49. The Bertz CT molecular complexity index is 177. The Hall–Kier alpha value is -0.550. The Morgan fingerprint density at radius 3 is 2.67 bits per heavy atom. The van der Waals surface area contributed by atoms with E-state index in [0.29, 0.717) is 17.9 Å². The maximum absolute atomic E-state index is 8.45. The average Bonchev–Trinajstić information content (AvgIpc) is 2.82. The van der Waals surface area contributed by atoms with E-state index in [4.69, 9.17) is 5.26 Å². The highest BCUT2D eigenvalue weighted by Crippen LogP contribution is 2.47. The first-order chi connectivity index (χ1) is 5.72. The summed E-state index contributed by atoms with van der Waals surface area (Å²) in [5.74, 6) is 0. The zero-order valence-electron chi connectivity index (χ0n) is 8.06. The van der Waals surface area contributed by atoms with E-state index in [1.165, 1.54) is 19.3 Å². The van der Waals surface area contributed by atoms with E-state index in [1.807, 2.05) is 0 Å². The third-order valence-electron chi connectivity index (χ3n) is 2.93. The summed E-state index contributed by atoms with van der Waals surface area (Å²) < 4.78 is 0. The second-order valence-electron chi connectivity index (χ2n) is 4.00. The quantitative estimate of drug-likeness (QED) is 0.678. The van der Waals surface area contributed by atoms with Gasteiger partial charge in [-0.05, 0) is 31.6 Å². The van der Waals surface area contributed by atoms with Crippen LogP contribution in [0.25, 0.3) is 0 Å². The zero-order chi connectivity index (χ0) is 9.03. The van der Waals surface area contributed by atoms with Crippen molar-refractivity contribution >= 4 is 0 Å². The molecular formula is C10H18N2.